The van der Waals surface area contributed by atoms with E-state index >= 15 is 0 Å². The lowest BCUT2D eigenvalue weighted by Crippen LogP contribution is -2.40. The molecule has 1 aromatic heterocycles. The number of carboxylic acid groups (broad SMARTS) is 1. The molecule has 2 aliphatic heterocycles. The van der Waals surface area contributed by atoms with Crippen molar-refractivity contribution in [3.63, 3.8) is 0 Å². The SMILES string of the molecule is CC(C)N1CCCCC1c1nnc2n1CCCC2C(=O)O. The van der Waals surface area contributed by atoms with Crippen molar-refractivity contribution in [2.24, 2.45) is 0 Å². The third-order valence-electron chi connectivity index (χ3n) is 4.80. The van der Waals surface area contributed by atoms with E-state index in [2.05, 4.69) is 33.5 Å². The van der Waals surface area contributed by atoms with E-state index in [4.69, 9.17) is 0 Å². The van der Waals surface area contributed by atoms with E-state index in [9.17, 15) is 9.90 Å². The largest absolute Gasteiger partial charge is 0.481 e. The van der Waals surface area contributed by atoms with Crippen LogP contribution in [0.15, 0.2) is 0 Å². The number of rotatable bonds is 3. The minimum absolute atomic E-state index is 0.285. The highest BCUT2D eigenvalue weighted by atomic mass is 16.4. The van der Waals surface area contributed by atoms with Gasteiger partial charge < -0.3 is 9.67 Å². The average Bonchev–Trinajstić information content (AvgIpc) is 2.90. The van der Waals surface area contributed by atoms with Crippen LogP contribution < -0.4 is 0 Å². The van der Waals surface area contributed by atoms with Crippen molar-refractivity contribution in [3.05, 3.63) is 11.6 Å². The maximum absolute atomic E-state index is 11.4. The number of hydrogen-bond donors (Lipinski definition) is 1. The Morgan fingerprint density at radius 2 is 1.90 bits per heavy atom. The third-order valence-corrected chi connectivity index (χ3v) is 4.80. The molecule has 3 heterocycles. The van der Waals surface area contributed by atoms with Crippen LogP contribution in [-0.4, -0.2) is 43.3 Å². The van der Waals surface area contributed by atoms with Gasteiger partial charge in [0.15, 0.2) is 0 Å². The first-order chi connectivity index (χ1) is 10.1. The number of hydrogen-bond acceptors (Lipinski definition) is 4. The highest BCUT2D eigenvalue weighted by molar-refractivity contribution is 5.75. The summed E-state index contributed by atoms with van der Waals surface area (Å²) in [6, 6.07) is 0.759. The molecule has 0 aliphatic carbocycles. The lowest BCUT2D eigenvalue weighted by molar-refractivity contribution is -0.139. The highest BCUT2D eigenvalue weighted by Gasteiger charge is 2.35. The van der Waals surface area contributed by atoms with E-state index in [1.54, 1.807) is 0 Å². The molecule has 0 radical (unpaired) electrons. The lowest BCUT2D eigenvalue weighted by Gasteiger charge is -2.38. The molecule has 0 spiro atoms. The number of aromatic nitrogens is 3. The molecule has 2 unspecified atom stereocenters. The molecule has 1 saturated heterocycles. The maximum atomic E-state index is 11.4. The number of carboxylic acids is 1. The van der Waals surface area contributed by atoms with E-state index in [0.717, 1.165) is 31.8 Å². The Morgan fingerprint density at radius 1 is 1.14 bits per heavy atom. The van der Waals surface area contributed by atoms with Gasteiger partial charge in [-0.2, -0.15) is 0 Å². The van der Waals surface area contributed by atoms with Crippen LogP contribution in [0, 0.1) is 0 Å². The van der Waals surface area contributed by atoms with Gasteiger partial charge in [0.05, 0.1) is 6.04 Å². The summed E-state index contributed by atoms with van der Waals surface area (Å²) in [5, 5.41) is 18.0. The van der Waals surface area contributed by atoms with Gasteiger partial charge in [-0.25, -0.2) is 0 Å². The highest BCUT2D eigenvalue weighted by Crippen LogP contribution is 2.35. The Labute approximate surface area is 125 Å². The second kappa shape index (κ2) is 5.75. The zero-order valence-corrected chi connectivity index (χ0v) is 12.8. The molecule has 21 heavy (non-hydrogen) atoms. The van der Waals surface area contributed by atoms with Crippen LogP contribution in [0.2, 0.25) is 0 Å². The Kier molecular flexibility index (Phi) is 3.97. The fraction of sp³-hybridized carbons (Fsp3) is 0.800. The van der Waals surface area contributed by atoms with Crippen LogP contribution >= 0.6 is 0 Å². The second-order valence-electron chi connectivity index (χ2n) is 6.44. The van der Waals surface area contributed by atoms with Crippen molar-refractivity contribution in [2.45, 2.75) is 70.5 Å². The van der Waals surface area contributed by atoms with Crippen LogP contribution in [0.3, 0.4) is 0 Å². The summed E-state index contributed by atoms with van der Waals surface area (Å²) in [5.41, 5.74) is 0. The van der Waals surface area contributed by atoms with Gasteiger partial charge in [0.2, 0.25) is 0 Å². The summed E-state index contributed by atoms with van der Waals surface area (Å²) >= 11 is 0. The number of aliphatic carboxylic acids is 1. The zero-order valence-electron chi connectivity index (χ0n) is 12.8. The first kappa shape index (κ1) is 14.5. The van der Waals surface area contributed by atoms with Gasteiger partial charge in [-0.05, 0) is 46.1 Å². The number of carbonyl (C=O) groups is 1. The van der Waals surface area contributed by atoms with Crippen molar-refractivity contribution in [1.29, 1.82) is 0 Å². The minimum atomic E-state index is -0.778. The van der Waals surface area contributed by atoms with Crippen molar-refractivity contribution in [2.75, 3.05) is 6.54 Å². The summed E-state index contributed by atoms with van der Waals surface area (Å²) in [6.45, 7) is 6.37. The molecule has 0 amide bonds. The summed E-state index contributed by atoms with van der Waals surface area (Å²) in [6.07, 6.45) is 5.09. The summed E-state index contributed by atoms with van der Waals surface area (Å²) < 4.78 is 2.08. The molecule has 1 aromatic rings. The quantitative estimate of drug-likeness (QED) is 0.924. The second-order valence-corrected chi connectivity index (χ2v) is 6.44. The van der Waals surface area contributed by atoms with Gasteiger partial charge in [-0.15, -0.1) is 10.2 Å². The summed E-state index contributed by atoms with van der Waals surface area (Å²) in [5.74, 6) is 0.359. The van der Waals surface area contributed by atoms with Gasteiger partial charge in [-0.1, -0.05) is 6.42 Å². The molecule has 6 nitrogen and oxygen atoms in total. The smallest absolute Gasteiger partial charge is 0.314 e. The van der Waals surface area contributed by atoms with Crippen LogP contribution in [-0.2, 0) is 11.3 Å². The number of fused-ring (bicyclic) bond motifs is 1. The van der Waals surface area contributed by atoms with Crippen molar-refractivity contribution >= 4 is 5.97 Å². The van der Waals surface area contributed by atoms with Crippen LogP contribution in [0.4, 0.5) is 0 Å². The fourth-order valence-electron chi connectivity index (χ4n) is 3.73. The summed E-state index contributed by atoms with van der Waals surface area (Å²) in [4.78, 5) is 13.9. The van der Waals surface area contributed by atoms with Gasteiger partial charge in [-0.3, -0.25) is 9.69 Å². The normalized spacial score (nSPS) is 26.8. The van der Waals surface area contributed by atoms with E-state index in [1.807, 2.05) is 0 Å². The predicted octanol–water partition coefficient (Wildman–Crippen LogP) is 2.18. The van der Waals surface area contributed by atoms with Crippen molar-refractivity contribution in [3.8, 4) is 0 Å². The molecular weight excluding hydrogens is 268 g/mol. The molecule has 6 heteroatoms. The van der Waals surface area contributed by atoms with Gasteiger partial charge in [0.1, 0.15) is 17.6 Å². The molecule has 2 atom stereocenters. The first-order valence-electron chi connectivity index (χ1n) is 8.01. The van der Waals surface area contributed by atoms with E-state index in [-0.39, 0.29) is 6.04 Å². The van der Waals surface area contributed by atoms with Crippen LogP contribution in [0.25, 0.3) is 0 Å². The molecule has 0 aromatic carbocycles. The molecule has 0 bridgehead atoms. The number of likely N-dealkylation sites (tertiary alicyclic amines) is 1. The fourth-order valence-corrected chi connectivity index (χ4v) is 3.73. The van der Waals surface area contributed by atoms with Crippen LogP contribution in [0.5, 0.6) is 0 Å². The Balaban J connectivity index is 1.94. The van der Waals surface area contributed by atoms with Crippen molar-refractivity contribution < 1.29 is 9.90 Å². The third kappa shape index (κ3) is 2.57. The minimum Gasteiger partial charge on any atom is -0.481 e. The molecule has 3 rings (SSSR count). The Hall–Kier alpha value is -1.43. The van der Waals surface area contributed by atoms with Gasteiger partial charge in [0.25, 0.3) is 0 Å². The standard InChI is InChI=1S/C15H24N4O2/c1-10(2)18-8-4-3-7-12(18)14-17-16-13-11(15(20)21)6-5-9-19(13)14/h10-12H,3-9H2,1-2H3,(H,20,21). The summed E-state index contributed by atoms with van der Waals surface area (Å²) in [7, 11) is 0. The van der Waals surface area contributed by atoms with Gasteiger partial charge in [0, 0.05) is 12.6 Å². The first-order valence-corrected chi connectivity index (χ1v) is 8.01. The van der Waals surface area contributed by atoms with E-state index < -0.39 is 11.9 Å². The molecule has 1 fully saturated rings. The molecule has 116 valence electrons. The molecule has 1 N–H and O–H groups in total. The maximum Gasteiger partial charge on any atom is 0.314 e. The zero-order chi connectivity index (χ0) is 15.0. The molecule has 0 saturated carbocycles. The Bertz CT molecular complexity index is 526. The van der Waals surface area contributed by atoms with Crippen molar-refractivity contribution in [1.82, 2.24) is 19.7 Å². The number of piperidine rings is 1. The van der Waals surface area contributed by atoms with Crippen LogP contribution in [0.1, 0.15) is 69.6 Å². The topological polar surface area (TPSA) is 71.2 Å². The Morgan fingerprint density at radius 3 is 2.62 bits per heavy atom. The monoisotopic (exact) mass is 292 g/mol. The van der Waals surface area contributed by atoms with E-state index in [1.165, 1.54) is 12.8 Å². The molecule has 2 aliphatic rings. The average molecular weight is 292 g/mol. The predicted molar refractivity (Wildman–Crippen MR) is 78.1 cm³/mol. The van der Waals surface area contributed by atoms with E-state index in [0.29, 0.717) is 18.3 Å². The van der Waals surface area contributed by atoms with Gasteiger partial charge >= 0.3 is 5.97 Å². The molecular formula is C15H24N4O2. The number of nitrogens with zero attached hydrogens (tertiary/aromatic N) is 4. The lowest BCUT2D eigenvalue weighted by atomic mass is 9.97.